The molecule has 0 spiro atoms. The van der Waals surface area contributed by atoms with Crippen molar-refractivity contribution in [3.63, 3.8) is 0 Å². The lowest BCUT2D eigenvalue weighted by molar-refractivity contribution is 0.490. The first-order valence-corrected chi connectivity index (χ1v) is 11.8. The Kier molecular flexibility index (Phi) is 5.33. The van der Waals surface area contributed by atoms with E-state index in [1.165, 1.54) is 0 Å². The van der Waals surface area contributed by atoms with Crippen LogP contribution in [0.4, 0.5) is 0 Å². The highest BCUT2D eigenvalue weighted by Gasteiger charge is 2.26. The number of pyridine rings is 1. The summed E-state index contributed by atoms with van der Waals surface area (Å²) in [5.41, 5.74) is 0.376. The van der Waals surface area contributed by atoms with Gasteiger partial charge in [0.15, 0.2) is 5.66 Å². The molecule has 2 aromatic heterocycles. The first kappa shape index (κ1) is 19.9. The average molecular weight is 427 g/mol. The molecule has 29 heavy (non-hydrogen) atoms. The monoisotopic (exact) mass is 426 g/mol. The maximum atomic E-state index is 12.8. The summed E-state index contributed by atoms with van der Waals surface area (Å²) in [7, 11) is -3.60. The molecular formula is C21H22N4O2S2. The Morgan fingerprint density at radius 2 is 1.86 bits per heavy atom. The third-order valence-electron chi connectivity index (χ3n) is 4.87. The predicted octanol–water partition coefficient (Wildman–Crippen LogP) is 2.78. The Balaban J connectivity index is 1.51. The van der Waals surface area contributed by atoms with Crippen LogP contribution in [0.2, 0.25) is 0 Å². The summed E-state index contributed by atoms with van der Waals surface area (Å²) in [5, 5.41) is 3.58. The molecule has 0 saturated heterocycles. The fraction of sp³-hybridized carbons (Fsp3) is 0.286. The molecule has 6 nitrogen and oxygen atoms in total. The van der Waals surface area contributed by atoms with Crippen LogP contribution in [0.15, 0.2) is 75.1 Å². The van der Waals surface area contributed by atoms with Gasteiger partial charge < -0.3 is 0 Å². The summed E-state index contributed by atoms with van der Waals surface area (Å²) in [4.78, 5) is 14.7. The maximum Gasteiger partial charge on any atom is 0.241 e. The topological polar surface area (TPSA) is 83.8 Å². The van der Waals surface area contributed by atoms with Crippen LogP contribution >= 0.6 is 11.3 Å². The first-order chi connectivity index (χ1) is 13.9. The molecule has 0 amide bonds. The number of hydrogen-bond acceptors (Lipinski definition) is 6. The zero-order chi connectivity index (χ0) is 20.5. The lowest BCUT2D eigenvalue weighted by Crippen LogP contribution is -2.28. The fourth-order valence-corrected chi connectivity index (χ4v) is 5.68. The second kappa shape index (κ2) is 7.78. The zero-order valence-electron chi connectivity index (χ0n) is 16.2. The highest BCUT2D eigenvalue weighted by Crippen LogP contribution is 2.25. The standard InChI is InChI=1S/C21H22N4O2S2/c1-3-17(20-5-4-12-28-20)25-29(26,27)16-8-6-15(7-9-16)13-21(2)23-18-10-11-22-14-19(18)24-21/h4-12,14,17,25H,3,13H2,1-2H3. The van der Waals surface area contributed by atoms with E-state index in [-0.39, 0.29) is 10.9 Å². The Hall–Kier alpha value is -2.42. The van der Waals surface area contributed by atoms with E-state index in [1.807, 2.05) is 49.6 Å². The molecule has 1 aromatic carbocycles. The number of benzene rings is 1. The van der Waals surface area contributed by atoms with Crippen LogP contribution in [-0.4, -0.2) is 19.1 Å². The fourth-order valence-electron chi connectivity index (χ4n) is 3.44. The summed E-state index contributed by atoms with van der Waals surface area (Å²) in [6, 6.07) is 12.5. The SMILES string of the molecule is CCC(NS(=O)(=O)c1ccc(CC2(C)N=c3ccncc3=N2)cc1)c1cccs1. The molecule has 0 fully saturated rings. The van der Waals surface area contributed by atoms with Crippen molar-refractivity contribution in [2.24, 2.45) is 9.98 Å². The summed E-state index contributed by atoms with van der Waals surface area (Å²) >= 11 is 1.55. The minimum Gasteiger partial charge on any atom is -0.262 e. The third-order valence-corrected chi connectivity index (χ3v) is 7.34. The van der Waals surface area contributed by atoms with Crippen molar-refractivity contribution in [3.05, 3.63) is 81.4 Å². The normalized spacial score (nSPS) is 19.2. The third kappa shape index (κ3) is 4.29. The average Bonchev–Trinajstić information content (AvgIpc) is 3.33. The largest absolute Gasteiger partial charge is 0.262 e. The van der Waals surface area contributed by atoms with E-state index in [0.29, 0.717) is 12.8 Å². The molecule has 3 heterocycles. The second-order valence-corrected chi connectivity index (χ2v) is 9.92. The molecule has 2 atom stereocenters. The number of aromatic nitrogens is 1. The van der Waals surface area contributed by atoms with Gasteiger partial charge in [-0.25, -0.2) is 13.1 Å². The molecule has 3 aromatic rings. The van der Waals surface area contributed by atoms with Crippen LogP contribution in [0, 0.1) is 0 Å². The van der Waals surface area contributed by atoms with E-state index in [2.05, 4.69) is 14.7 Å². The molecule has 0 bridgehead atoms. The summed E-state index contributed by atoms with van der Waals surface area (Å²) in [6.45, 7) is 3.94. The molecule has 8 heteroatoms. The number of sulfonamides is 1. The van der Waals surface area contributed by atoms with Crippen molar-refractivity contribution in [2.75, 3.05) is 0 Å². The van der Waals surface area contributed by atoms with E-state index >= 15 is 0 Å². The highest BCUT2D eigenvalue weighted by molar-refractivity contribution is 7.89. The number of hydrogen-bond donors (Lipinski definition) is 1. The molecule has 1 aliphatic heterocycles. The zero-order valence-corrected chi connectivity index (χ0v) is 17.9. The predicted molar refractivity (Wildman–Crippen MR) is 113 cm³/mol. The number of nitrogens with zero attached hydrogens (tertiary/aromatic N) is 3. The van der Waals surface area contributed by atoms with Crippen molar-refractivity contribution in [1.82, 2.24) is 9.71 Å². The minimum atomic E-state index is -3.60. The minimum absolute atomic E-state index is 0.221. The lowest BCUT2D eigenvalue weighted by atomic mass is 10.0. The Morgan fingerprint density at radius 1 is 1.10 bits per heavy atom. The molecule has 150 valence electrons. The van der Waals surface area contributed by atoms with Gasteiger partial charge in [-0.05, 0) is 48.6 Å². The van der Waals surface area contributed by atoms with Gasteiger partial charge in [-0.1, -0.05) is 25.1 Å². The summed E-state index contributed by atoms with van der Waals surface area (Å²) in [6.07, 6.45) is 4.69. The van der Waals surface area contributed by atoms with Crippen LogP contribution in [0.3, 0.4) is 0 Å². The van der Waals surface area contributed by atoms with Crippen molar-refractivity contribution in [2.45, 2.75) is 43.3 Å². The van der Waals surface area contributed by atoms with E-state index in [9.17, 15) is 8.42 Å². The number of rotatable bonds is 7. The molecule has 4 rings (SSSR count). The number of thiophene rings is 1. The molecule has 0 radical (unpaired) electrons. The van der Waals surface area contributed by atoms with Crippen LogP contribution in [0.25, 0.3) is 0 Å². The van der Waals surface area contributed by atoms with Crippen LogP contribution in [0.1, 0.15) is 36.8 Å². The molecule has 0 aliphatic carbocycles. The van der Waals surface area contributed by atoms with Gasteiger partial charge in [0.1, 0.15) is 5.36 Å². The molecule has 1 N–H and O–H groups in total. The maximum absolute atomic E-state index is 12.8. The van der Waals surface area contributed by atoms with E-state index in [1.54, 1.807) is 35.9 Å². The quantitative estimate of drug-likeness (QED) is 0.631. The van der Waals surface area contributed by atoms with Gasteiger partial charge in [-0.2, -0.15) is 0 Å². The highest BCUT2D eigenvalue weighted by atomic mass is 32.2. The second-order valence-electron chi connectivity index (χ2n) is 7.22. The molecule has 1 aliphatic rings. The van der Waals surface area contributed by atoms with Gasteiger partial charge in [0.25, 0.3) is 0 Å². The van der Waals surface area contributed by atoms with Crippen molar-refractivity contribution in [3.8, 4) is 0 Å². The van der Waals surface area contributed by atoms with Gasteiger partial charge in [0.05, 0.1) is 22.5 Å². The Morgan fingerprint density at radius 3 is 2.52 bits per heavy atom. The van der Waals surface area contributed by atoms with Crippen LogP contribution in [0.5, 0.6) is 0 Å². The van der Waals surface area contributed by atoms with E-state index < -0.39 is 15.7 Å². The smallest absolute Gasteiger partial charge is 0.241 e. The summed E-state index contributed by atoms with van der Waals surface area (Å²) in [5.74, 6) is 0. The molecular weight excluding hydrogens is 404 g/mol. The van der Waals surface area contributed by atoms with Crippen molar-refractivity contribution >= 4 is 21.4 Å². The number of nitrogens with one attached hydrogen (secondary N) is 1. The van der Waals surface area contributed by atoms with Gasteiger partial charge in [0, 0.05) is 17.5 Å². The van der Waals surface area contributed by atoms with E-state index in [0.717, 1.165) is 21.2 Å². The number of fused-ring (bicyclic) bond motifs is 1. The van der Waals surface area contributed by atoms with Gasteiger partial charge in [0.2, 0.25) is 10.0 Å². The van der Waals surface area contributed by atoms with Gasteiger partial charge in [-0.3, -0.25) is 15.0 Å². The Bertz CT molecular complexity index is 1190. The Labute approximate surface area is 174 Å². The van der Waals surface area contributed by atoms with Crippen LogP contribution < -0.4 is 15.4 Å². The molecule has 2 unspecified atom stereocenters. The first-order valence-electron chi connectivity index (χ1n) is 9.43. The van der Waals surface area contributed by atoms with Gasteiger partial charge in [-0.15, -0.1) is 11.3 Å². The lowest BCUT2D eigenvalue weighted by Gasteiger charge is -2.18. The van der Waals surface area contributed by atoms with Gasteiger partial charge >= 0.3 is 0 Å². The van der Waals surface area contributed by atoms with Crippen LogP contribution in [-0.2, 0) is 16.4 Å². The van der Waals surface area contributed by atoms with E-state index in [4.69, 9.17) is 4.99 Å². The summed E-state index contributed by atoms with van der Waals surface area (Å²) < 4.78 is 28.4. The molecule has 0 saturated carbocycles. The van der Waals surface area contributed by atoms with Crippen molar-refractivity contribution in [1.29, 1.82) is 0 Å². The van der Waals surface area contributed by atoms with Crippen molar-refractivity contribution < 1.29 is 8.42 Å².